The van der Waals surface area contributed by atoms with E-state index >= 15 is 0 Å². The van der Waals surface area contributed by atoms with Crippen LogP contribution in [-0.4, -0.2) is 59.2 Å². The second-order valence-electron chi connectivity index (χ2n) is 4.68. The van der Waals surface area contributed by atoms with E-state index in [0.29, 0.717) is 12.8 Å². The summed E-state index contributed by atoms with van der Waals surface area (Å²) in [6.07, 6.45) is 2.90. The van der Waals surface area contributed by atoms with Crippen LogP contribution >= 0.6 is 0 Å². The summed E-state index contributed by atoms with van der Waals surface area (Å²) < 4.78 is 0. The molecule has 1 atom stereocenters. The molecule has 0 aromatic heterocycles. The lowest BCUT2D eigenvalue weighted by Gasteiger charge is -2.43. The monoisotopic (exact) mass is 216 g/mol. The van der Waals surface area contributed by atoms with E-state index in [9.17, 15) is 10.2 Å². The van der Waals surface area contributed by atoms with Gasteiger partial charge in [0.25, 0.3) is 0 Å². The van der Waals surface area contributed by atoms with Crippen molar-refractivity contribution in [1.29, 1.82) is 0 Å². The minimum atomic E-state index is -0.678. The summed E-state index contributed by atoms with van der Waals surface area (Å²) in [5.41, 5.74) is -0.678. The van der Waals surface area contributed by atoms with Crippen LogP contribution in [0, 0.1) is 0 Å². The van der Waals surface area contributed by atoms with Gasteiger partial charge in [-0.25, -0.2) is 0 Å². The lowest BCUT2D eigenvalue weighted by molar-refractivity contribution is -0.141. The number of aliphatic hydroxyl groups is 2. The lowest BCUT2D eigenvalue weighted by atomic mass is 9.99. The highest BCUT2D eigenvalue weighted by molar-refractivity contribution is 4.84. The maximum absolute atomic E-state index is 10.2. The molecule has 1 aliphatic heterocycles. The molecule has 1 fully saturated rings. The molecular weight excluding hydrogens is 192 g/mol. The molecule has 15 heavy (non-hydrogen) atoms. The predicted octanol–water partition coefficient (Wildman–Crippen LogP) is 0.451. The van der Waals surface area contributed by atoms with Crippen LogP contribution in [0.5, 0.6) is 0 Å². The molecule has 0 aliphatic carbocycles. The molecule has 2 N–H and O–H groups in total. The van der Waals surface area contributed by atoms with Crippen molar-refractivity contribution in [1.82, 2.24) is 9.80 Å². The summed E-state index contributed by atoms with van der Waals surface area (Å²) in [7, 11) is 3.80. The fourth-order valence-corrected chi connectivity index (χ4v) is 2.07. The first kappa shape index (κ1) is 12.9. The van der Waals surface area contributed by atoms with Gasteiger partial charge in [-0.05, 0) is 20.5 Å². The third kappa shape index (κ3) is 3.14. The van der Waals surface area contributed by atoms with Crippen LogP contribution in [0.4, 0.5) is 0 Å². The van der Waals surface area contributed by atoms with Crippen molar-refractivity contribution in [2.24, 2.45) is 0 Å². The predicted molar refractivity (Wildman–Crippen MR) is 60.4 cm³/mol. The largest absolute Gasteiger partial charge is 0.378 e. The van der Waals surface area contributed by atoms with Crippen molar-refractivity contribution < 1.29 is 10.2 Å². The molecule has 90 valence electrons. The van der Waals surface area contributed by atoms with Crippen LogP contribution in [0.15, 0.2) is 0 Å². The summed E-state index contributed by atoms with van der Waals surface area (Å²) >= 11 is 0. The number of hydrogen-bond acceptors (Lipinski definition) is 4. The van der Waals surface area contributed by atoms with Gasteiger partial charge in [-0.2, -0.15) is 0 Å². The maximum atomic E-state index is 10.2. The number of likely N-dealkylation sites (tertiary alicyclic amines) is 1. The van der Waals surface area contributed by atoms with Gasteiger partial charge in [-0.3, -0.25) is 9.80 Å². The SMILES string of the molecule is CCCC(O)N1CCC(O)(N(C)C)CC1. The van der Waals surface area contributed by atoms with Crippen LogP contribution < -0.4 is 0 Å². The molecule has 1 rings (SSSR count). The van der Waals surface area contributed by atoms with Crippen molar-refractivity contribution in [2.75, 3.05) is 27.2 Å². The molecule has 0 saturated carbocycles. The Morgan fingerprint density at radius 2 is 1.87 bits per heavy atom. The van der Waals surface area contributed by atoms with Crippen LogP contribution in [0.2, 0.25) is 0 Å². The van der Waals surface area contributed by atoms with Crippen LogP contribution in [0.1, 0.15) is 32.6 Å². The zero-order valence-corrected chi connectivity index (χ0v) is 10.1. The first-order valence-corrected chi connectivity index (χ1v) is 5.81. The van der Waals surface area contributed by atoms with E-state index in [1.807, 2.05) is 19.0 Å². The summed E-state index contributed by atoms with van der Waals surface area (Å²) in [4.78, 5) is 3.93. The topological polar surface area (TPSA) is 46.9 Å². The molecule has 1 aliphatic rings. The highest BCUT2D eigenvalue weighted by atomic mass is 16.3. The van der Waals surface area contributed by atoms with Crippen LogP contribution in [-0.2, 0) is 0 Å². The zero-order valence-electron chi connectivity index (χ0n) is 10.1. The van der Waals surface area contributed by atoms with Crippen molar-refractivity contribution in [2.45, 2.75) is 44.6 Å². The van der Waals surface area contributed by atoms with Crippen LogP contribution in [0.3, 0.4) is 0 Å². The van der Waals surface area contributed by atoms with E-state index in [1.54, 1.807) is 0 Å². The van der Waals surface area contributed by atoms with Gasteiger partial charge < -0.3 is 10.2 Å². The average molecular weight is 216 g/mol. The second kappa shape index (κ2) is 5.25. The number of piperidine rings is 1. The van der Waals surface area contributed by atoms with E-state index in [2.05, 4.69) is 11.8 Å². The molecule has 1 unspecified atom stereocenters. The van der Waals surface area contributed by atoms with Crippen molar-refractivity contribution in [3.63, 3.8) is 0 Å². The number of rotatable bonds is 4. The van der Waals surface area contributed by atoms with Gasteiger partial charge in [0.05, 0.1) is 0 Å². The highest BCUT2D eigenvalue weighted by Crippen LogP contribution is 2.25. The quantitative estimate of drug-likeness (QED) is 0.670. The van der Waals surface area contributed by atoms with E-state index in [1.165, 1.54) is 0 Å². The van der Waals surface area contributed by atoms with Gasteiger partial charge in [-0.15, -0.1) is 0 Å². The number of aliphatic hydroxyl groups excluding tert-OH is 1. The fourth-order valence-electron chi connectivity index (χ4n) is 2.07. The Labute approximate surface area is 92.5 Å². The molecule has 0 bridgehead atoms. The van der Waals surface area contributed by atoms with Gasteiger partial charge >= 0.3 is 0 Å². The Morgan fingerprint density at radius 1 is 1.33 bits per heavy atom. The standard InChI is InChI=1S/C11H24N2O2/c1-4-5-10(14)13-8-6-11(15,7-9-13)12(2)3/h10,14-15H,4-9H2,1-3H3. The minimum Gasteiger partial charge on any atom is -0.378 e. The molecule has 0 amide bonds. The Bertz CT molecular complexity index is 189. The third-order valence-corrected chi connectivity index (χ3v) is 3.40. The van der Waals surface area contributed by atoms with E-state index in [4.69, 9.17) is 0 Å². The first-order chi connectivity index (χ1) is 6.99. The molecular formula is C11H24N2O2. The summed E-state index contributed by atoms with van der Waals surface area (Å²) in [5.74, 6) is 0. The molecule has 0 spiro atoms. The molecule has 1 heterocycles. The molecule has 0 aromatic rings. The molecule has 1 saturated heterocycles. The van der Waals surface area contributed by atoms with Crippen molar-refractivity contribution in [3.05, 3.63) is 0 Å². The highest BCUT2D eigenvalue weighted by Gasteiger charge is 2.35. The Balaban J connectivity index is 2.41. The number of hydrogen-bond donors (Lipinski definition) is 2. The summed E-state index contributed by atoms with van der Waals surface area (Å²) in [6.45, 7) is 3.62. The Morgan fingerprint density at radius 3 is 2.27 bits per heavy atom. The third-order valence-electron chi connectivity index (χ3n) is 3.40. The lowest BCUT2D eigenvalue weighted by Crippen LogP contribution is -2.54. The normalized spacial score (nSPS) is 24.4. The second-order valence-corrected chi connectivity index (χ2v) is 4.68. The van der Waals surface area contributed by atoms with Crippen molar-refractivity contribution in [3.8, 4) is 0 Å². The van der Waals surface area contributed by atoms with Crippen LogP contribution in [0.25, 0.3) is 0 Å². The van der Waals surface area contributed by atoms with Gasteiger partial charge in [-0.1, -0.05) is 13.3 Å². The zero-order chi connectivity index (χ0) is 11.5. The molecule has 0 aromatic carbocycles. The maximum Gasteiger partial charge on any atom is 0.120 e. The van der Waals surface area contributed by atoms with Gasteiger partial charge in [0.15, 0.2) is 0 Å². The smallest absolute Gasteiger partial charge is 0.120 e. The van der Waals surface area contributed by atoms with E-state index < -0.39 is 5.72 Å². The van der Waals surface area contributed by atoms with Gasteiger partial charge in [0.2, 0.25) is 0 Å². The summed E-state index contributed by atoms with van der Waals surface area (Å²) in [6, 6.07) is 0. The Hall–Kier alpha value is -0.160. The van der Waals surface area contributed by atoms with Gasteiger partial charge in [0, 0.05) is 25.9 Å². The number of nitrogens with zero attached hydrogens (tertiary/aromatic N) is 2. The fraction of sp³-hybridized carbons (Fsp3) is 1.00. The molecule has 4 nitrogen and oxygen atoms in total. The molecule has 4 heteroatoms. The summed E-state index contributed by atoms with van der Waals surface area (Å²) in [5, 5.41) is 20.0. The average Bonchev–Trinajstić information content (AvgIpc) is 2.19. The van der Waals surface area contributed by atoms with E-state index in [0.717, 1.165) is 25.9 Å². The first-order valence-electron chi connectivity index (χ1n) is 5.81. The van der Waals surface area contributed by atoms with Gasteiger partial charge in [0.1, 0.15) is 12.0 Å². The minimum absolute atomic E-state index is 0.332. The van der Waals surface area contributed by atoms with E-state index in [-0.39, 0.29) is 6.23 Å². The molecule has 0 radical (unpaired) electrons. The Kier molecular flexibility index (Phi) is 4.52. The van der Waals surface area contributed by atoms with Crippen molar-refractivity contribution >= 4 is 0 Å².